The highest BCUT2D eigenvalue weighted by Gasteiger charge is 2.19. The highest BCUT2D eigenvalue weighted by molar-refractivity contribution is 6.31. The molecule has 0 saturated carbocycles. The van der Waals surface area contributed by atoms with Crippen molar-refractivity contribution < 1.29 is 9.53 Å². The van der Waals surface area contributed by atoms with Gasteiger partial charge >= 0.3 is 0 Å². The Morgan fingerprint density at radius 1 is 1.06 bits per heavy atom. The minimum atomic E-state index is -0.269. The molecule has 0 spiro atoms. The SMILES string of the molecule is COc1ccc(C(C)(C)C)cc1NC(=O)c1cc(-c2cccnc2)nc2ccc(Cl)cc12. The number of benzene rings is 2. The number of hydrogen-bond donors (Lipinski definition) is 1. The highest BCUT2D eigenvalue weighted by Crippen LogP contribution is 2.33. The summed E-state index contributed by atoms with van der Waals surface area (Å²) in [4.78, 5) is 22.4. The molecule has 162 valence electrons. The van der Waals surface area contributed by atoms with Gasteiger partial charge in [0.05, 0.1) is 29.6 Å². The van der Waals surface area contributed by atoms with Gasteiger partial charge in [-0.25, -0.2) is 4.98 Å². The van der Waals surface area contributed by atoms with Gasteiger partial charge in [0.15, 0.2) is 0 Å². The molecule has 2 aromatic heterocycles. The van der Waals surface area contributed by atoms with E-state index in [0.29, 0.717) is 38.6 Å². The minimum absolute atomic E-state index is 0.0733. The second-order valence-electron chi connectivity index (χ2n) is 8.58. The maximum Gasteiger partial charge on any atom is 0.256 e. The maximum absolute atomic E-state index is 13.5. The highest BCUT2D eigenvalue weighted by atomic mass is 35.5. The first-order valence-electron chi connectivity index (χ1n) is 10.3. The van der Waals surface area contributed by atoms with Gasteiger partial charge in [-0.3, -0.25) is 9.78 Å². The van der Waals surface area contributed by atoms with Gasteiger partial charge in [-0.1, -0.05) is 38.4 Å². The summed E-state index contributed by atoms with van der Waals surface area (Å²) in [6, 6.07) is 16.7. The van der Waals surface area contributed by atoms with Crippen molar-refractivity contribution in [2.24, 2.45) is 0 Å². The number of nitrogens with zero attached hydrogens (tertiary/aromatic N) is 2. The van der Waals surface area contributed by atoms with Gasteiger partial charge in [0.2, 0.25) is 0 Å². The smallest absolute Gasteiger partial charge is 0.256 e. The lowest BCUT2D eigenvalue weighted by molar-refractivity contribution is 0.102. The van der Waals surface area contributed by atoms with Crippen molar-refractivity contribution in [2.45, 2.75) is 26.2 Å². The number of rotatable bonds is 4. The van der Waals surface area contributed by atoms with Crippen LogP contribution < -0.4 is 10.1 Å². The van der Waals surface area contributed by atoms with Crippen LogP contribution in [0.1, 0.15) is 36.7 Å². The summed E-state index contributed by atoms with van der Waals surface area (Å²) in [6.45, 7) is 6.37. The molecule has 2 aromatic carbocycles. The third kappa shape index (κ3) is 4.43. The normalized spacial score (nSPS) is 11.4. The van der Waals surface area contributed by atoms with Gasteiger partial charge in [0, 0.05) is 28.4 Å². The first-order valence-corrected chi connectivity index (χ1v) is 10.6. The van der Waals surface area contributed by atoms with E-state index in [9.17, 15) is 4.79 Å². The van der Waals surface area contributed by atoms with Crippen LogP contribution in [0.5, 0.6) is 5.75 Å². The van der Waals surface area contributed by atoms with E-state index >= 15 is 0 Å². The lowest BCUT2D eigenvalue weighted by Gasteiger charge is -2.21. The van der Waals surface area contributed by atoms with Gasteiger partial charge in [-0.2, -0.15) is 0 Å². The Hall–Kier alpha value is -3.44. The number of aromatic nitrogens is 2. The van der Waals surface area contributed by atoms with Crippen LogP contribution in [0.2, 0.25) is 5.02 Å². The van der Waals surface area contributed by atoms with Crippen molar-refractivity contribution in [1.82, 2.24) is 9.97 Å². The van der Waals surface area contributed by atoms with Crippen molar-refractivity contribution in [2.75, 3.05) is 12.4 Å². The van der Waals surface area contributed by atoms with Gasteiger partial charge in [-0.15, -0.1) is 0 Å². The van der Waals surface area contributed by atoms with E-state index < -0.39 is 0 Å². The number of hydrogen-bond acceptors (Lipinski definition) is 4. The number of amides is 1. The number of ether oxygens (including phenoxy) is 1. The second-order valence-corrected chi connectivity index (χ2v) is 9.01. The molecule has 1 amide bonds. The van der Waals surface area contributed by atoms with E-state index in [-0.39, 0.29) is 11.3 Å². The summed E-state index contributed by atoms with van der Waals surface area (Å²) >= 11 is 6.24. The number of carbonyl (C=O) groups excluding carboxylic acids is 1. The van der Waals surface area contributed by atoms with Crippen LogP contribution in [0.25, 0.3) is 22.2 Å². The van der Waals surface area contributed by atoms with Gasteiger partial charge in [0.25, 0.3) is 5.91 Å². The maximum atomic E-state index is 13.5. The van der Waals surface area contributed by atoms with Crippen molar-refractivity contribution in [3.05, 3.63) is 83.1 Å². The van der Waals surface area contributed by atoms with E-state index in [1.165, 1.54) is 0 Å². The summed E-state index contributed by atoms with van der Waals surface area (Å²) in [5, 5.41) is 4.24. The van der Waals surface area contributed by atoms with Crippen molar-refractivity contribution in [3.63, 3.8) is 0 Å². The lowest BCUT2D eigenvalue weighted by Crippen LogP contribution is -2.16. The number of fused-ring (bicyclic) bond motifs is 1. The summed E-state index contributed by atoms with van der Waals surface area (Å²) in [6.07, 6.45) is 3.42. The molecule has 4 rings (SSSR count). The monoisotopic (exact) mass is 445 g/mol. The Bertz CT molecular complexity index is 1300. The van der Waals surface area contributed by atoms with E-state index in [1.54, 1.807) is 37.7 Å². The second kappa shape index (κ2) is 8.60. The molecule has 0 aliphatic heterocycles. The largest absolute Gasteiger partial charge is 0.495 e. The summed E-state index contributed by atoms with van der Waals surface area (Å²) in [7, 11) is 1.59. The molecule has 4 aromatic rings. The summed E-state index contributed by atoms with van der Waals surface area (Å²) < 4.78 is 5.49. The molecule has 32 heavy (non-hydrogen) atoms. The van der Waals surface area contributed by atoms with Crippen molar-refractivity contribution in [3.8, 4) is 17.0 Å². The lowest BCUT2D eigenvalue weighted by atomic mass is 9.87. The zero-order valence-corrected chi connectivity index (χ0v) is 19.2. The van der Waals surface area contributed by atoms with E-state index in [2.05, 4.69) is 31.1 Å². The molecule has 0 aliphatic rings. The van der Waals surface area contributed by atoms with Crippen LogP contribution >= 0.6 is 11.6 Å². The van der Waals surface area contributed by atoms with Crippen molar-refractivity contribution in [1.29, 1.82) is 0 Å². The van der Waals surface area contributed by atoms with Crippen LogP contribution in [0.15, 0.2) is 67.0 Å². The van der Waals surface area contributed by atoms with E-state index in [0.717, 1.165) is 11.1 Å². The molecule has 1 N–H and O–H groups in total. The Kier molecular flexibility index (Phi) is 5.85. The van der Waals surface area contributed by atoms with Crippen LogP contribution in [0.3, 0.4) is 0 Å². The topological polar surface area (TPSA) is 64.1 Å². The third-order valence-corrected chi connectivity index (χ3v) is 5.52. The number of pyridine rings is 2. The molecule has 0 radical (unpaired) electrons. The Labute approximate surface area is 192 Å². The number of nitrogens with one attached hydrogen (secondary N) is 1. The van der Waals surface area contributed by atoms with E-state index in [1.807, 2.05) is 36.4 Å². The zero-order valence-electron chi connectivity index (χ0n) is 18.4. The fourth-order valence-electron chi connectivity index (χ4n) is 3.51. The molecule has 2 heterocycles. The molecule has 0 atom stereocenters. The Morgan fingerprint density at radius 3 is 2.56 bits per heavy atom. The molecule has 0 fully saturated rings. The average Bonchev–Trinajstić information content (AvgIpc) is 2.78. The van der Waals surface area contributed by atoms with Crippen LogP contribution in [0.4, 0.5) is 5.69 Å². The molecular formula is C26H24ClN3O2. The Balaban J connectivity index is 1.82. The molecular weight excluding hydrogens is 422 g/mol. The summed E-state index contributed by atoms with van der Waals surface area (Å²) in [5.74, 6) is 0.324. The minimum Gasteiger partial charge on any atom is -0.495 e. The van der Waals surface area contributed by atoms with Crippen LogP contribution in [-0.2, 0) is 5.41 Å². The number of anilines is 1. The Morgan fingerprint density at radius 2 is 1.88 bits per heavy atom. The van der Waals surface area contributed by atoms with Gasteiger partial charge in [-0.05, 0) is 59.5 Å². The molecule has 0 aliphatic carbocycles. The molecule has 0 unspecified atom stereocenters. The quantitative estimate of drug-likeness (QED) is 0.389. The molecule has 5 nitrogen and oxygen atoms in total. The van der Waals surface area contributed by atoms with Crippen LogP contribution in [-0.4, -0.2) is 23.0 Å². The number of methoxy groups -OCH3 is 1. The third-order valence-electron chi connectivity index (χ3n) is 5.29. The van der Waals surface area contributed by atoms with E-state index in [4.69, 9.17) is 21.3 Å². The predicted octanol–water partition coefficient (Wildman–Crippen LogP) is 6.51. The summed E-state index contributed by atoms with van der Waals surface area (Å²) in [5.41, 5.74) is 4.26. The van der Waals surface area contributed by atoms with Crippen molar-refractivity contribution >= 4 is 34.1 Å². The zero-order chi connectivity index (χ0) is 22.9. The fraction of sp³-hybridized carbons (Fsp3) is 0.192. The van der Waals surface area contributed by atoms with Gasteiger partial charge in [0.1, 0.15) is 5.75 Å². The fourth-order valence-corrected chi connectivity index (χ4v) is 3.68. The molecule has 0 bridgehead atoms. The number of carbonyl (C=O) groups is 1. The number of halogens is 1. The first kappa shape index (κ1) is 21.8. The molecule has 0 saturated heterocycles. The van der Waals surface area contributed by atoms with Gasteiger partial charge < -0.3 is 10.1 Å². The standard InChI is InChI=1S/C26H24ClN3O2/c1-26(2,3)17-7-10-24(32-4)23(12-17)30-25(31)20-14-22(16-6-5-11-28-15-16)29-21-9-8-18(27)13-19(20)21/h5-15H,1-4H3,(H,30,31). The first-order chi connectivity index (χ1) is 15.3. The molecule has 6 heteroatoms. The average molecular weight is 446 g/mol. The van der Waals surface area contributed by atoms with Crippen LogP contribution in [0, 0.1) is 0 Å². The predicted molar refractivity (Wildman–Crippen MR) is 130 cm³/mol.